The molecule has 0 aliphatic carbocycles. The predicted molar refractivity (Wildman–Crippen MR) is 60.8 cm³/mol. The van der Waals surface area contributed by atoms with E-state index in [-0.39, 0.29) is 24.3 Å². The van der Waals surface area contributed by atoms with Crippen molar-refractivity contribution in [3.05, 3.63) is 24.5 Å². The second kappa shape index (κ2) is 5.85. The summed E-state index contributed by atoms with van der Waals surface area (Å²) in [5.74, 6) is -0.606. The first-order chi connectivity index (χ1) is 7.58. The number of hydrogen-bond donors (Lipinski definition) is 2. The number of hydrogen-bond acceptors (Lipinski definition) is 3. The first-order valence-electron chi connectivity index (χ1n) is 5.07. The van der Waals surface area contributed by atoms with Crippen LogP contribution in [0.15, 0.2) is 24.5 Å². The van der Waals surface area contributed by atoms with Crippen LogP contribution in [0.4, 0.5) is 5.69 Å². The molecule has 0 atom stereocenters. The molecular weight excluding hydrogens is 206 g/mol. The van der Waals surface area contributed by atoms with Gasteiger partial charge in [0.25, 0.3) is 0 Å². The summed E-state index contributed by atoms with van der Waals surface area (Å²) < 4.78 is 0. The van der Waals surface area contributed by atoms with Gasteiger partial charge in [-0.25, -0.2) is 0 Å². The second-order valence-electron chi connectivity index (χ2n) is 3.68. The molecule has 1 rings (SSSR count). The number of nitrogens with one attached hydrogen (secondary N) is 2. The highest BCUT2D eigenvalue weighted by Crippen LogP contribution is 2.03. The largest absolute Gasteiger partial charge is 0.353 e. The van der Waals surface area contributed by atoms with Gasteiger partial charge >= 0.3 is 0 Å². The fraction of sp³-hybridized carbons (Fsp3) is 0.364. The van der Waals surface area contributed by atoms with Gasteiger partial charge in [0, 0.05) is 24.1 Å². The fourth-order valence-corrected chi connectivity index (χ4v) is 1.16. The van der Waals surface area contributed by atoms with Gasteiger partial charge in [-0.05, 0) is 26.0 Å². The second-order valence-corrected chi connectivity index (χ2v) is 3.68. The van der Waals surface area contributed by atoms with E-state index in [1.807, 2.05) is 13.8 Å². The van der Waals surface area contributed by atoms with Crippen molar-refractivity contribution in [3.8, 4) is 0 Å². The standard InChI is InChI=1S/C11H15N3O2/c1-8(2)13-10(15)7-11(16)14-9-3-5-12-6-4-9/h3-6,8H,7H2,1-2H3,(H,13,15)(H,12,14,16). The smallest absolute Gasteiger partial charge is 0.233 e. The van der Waals surface area contributed by atoms with Crippen molar-refractivity contribution in [2.45, 2.75) is 26.3 Å². The summed E-state index contributed by atoms with van der Waals surface area (Å²) in [5.41, 5.74) is 0.636. The van der Waals surface area contributed by atoms with Crippen molar-refractivity contribution in [3.63, 3.8) is 0 Å². The molecule has 2 N–H and O–H groups in total. The Labute approximate surface area is 94.3 Å². The Balaban J connectivity index is 2.39. The molecule has 0 aliphatic heterocycles. The summed E-state index contributed by atoms with van der Waals surface area (Å²) in [6.45, 7) is 3.69. The Morgan fingerprint density at radius 3 is 2.44 bits per heavy atom. The lowest BCUT2D eigenvalue weighted by Crippen LogP contribution is -2.33. The molecule has 0 saturated carbocycles. The minimum atomic E-state index is -0.329. The van der Waals surface area contributed by atoms with E-state index in [0.717, 1.165) is 0 Å². The van der Waals surface area contributed by atoms with Crippen LogP contribution < -0.4 is 10.6 Å². The van der Waals surface area contributed by atoms with Crippen LogP contribution >= 0.6 is 0 Å². The first-order valence-corrected chi connectivity index (χ1v) is 5.07. The highest BCUT2D eigenvalue weighted by molar-refractivity contribution is 6.03. The van der Waals surface area contributed by atoms with Gasteiger partial charge in [-0.1, -0.05) is 0 Å². The Morgan fingerprint density at radius 1 is 1.25 bits per heavy atom. The maximum Gasteiger partial charge on any atom is 0.233 e. The predicted octanol–water partition coefficient (Wildman–Crippen LogP) is 0.935. The molecule has 0 bridgehead atoms. The summed E-state index contributed by atoms with van der Waals surface area (Å²) in [6.07, 6.45) is 2.98. The zero-order valence-corrected chi connectivity index (χ0v) is 9.36. The molecule has 1 aromatic rings. The Kier molecular flexibility index (Phi) is 4.44. The van der Waals surface area contributed by atoms with Crippen molar-refractivity contribution in [1.29, 1.82) is 0 Å². The van der Waals surface area contributed by atoms with Crippen LogP contribution in [0, 0.1) is 0 Å². The zero-order chi connectivity index (χ0) is 12.0. The van der Waals surface area contributed by atoms with Gasteiger partial charge in [-0.15, -0.1) is 0 Å². The van der Waals surface area contributed by atoms with Crippen LogP contribution in [0.2, 0.25) is 0 Å². The molecule has 0 unspecified atom stereocenters. The monoisotopic (exact) mass is 221 g/mol. The van der Waals surface area contributed by atoms with Crippen LogP contribution in [-0.4, -0.2) is 22.8 Å². The molecule has 0 saturated heterocycles. The minimum Gasteiger partial charge on any atom is -0.353 e. The third-order valence-corrected chi connectivity index (χ3v) is 1.73. The average molecular weight is 221 g/mol. The van der Waals surface area contributed by atoms with Crippen molar-refractivity contribution >= 4 is 17.5 Å². The van der Waals surface area contributed by atoms with Crippen molar-refractivity contribution < 1.29 is 9.59 Å². The summed E-state index contributed by atoms with van der Waals surface area (Å²) in [4.78, 5) is 26.5. The topological polar surface area (TPSA) is 71.1 Å². The van der Waals surface area contributed by atoms with Crippen LogP contribution in [0.5, 0.6) is 0 Å². The maximum atomic E-state index is 11.4. The molecule has 0 aromatic carbocycles. The van der Waals surface area contributed by atoms with Crippen molar-refractivity contribution in [1.82, 2.24) is 10.3 Å². The average Bonchev–Trinajstić information content (AvgIpc) is 2.17. The number of nitrogens with zero attached hydrogens (tertiary/aromatic N) is 1. The van der Waals surface area contributed by atoms with E-state index in [1.165, 1.54) is 0 Å². The number of rotatable bonds is 4. The zero-order valence-electron chi connectivity index (χ0n) is 9.36. The summed E-state index contributed by atoms with van der Waals surface area (Å²) in [7, 11) is 0. The van der Waals surface area contributed by atoms with E-state index in [1.54, 1.807) is 24.5 Å². The molecule has 5 heteroatoms. The lowest BCUT2D eigenvalue weighted by Gasteiger charge is -2.08. The van der Waals surface area contributed by atoms with Crippen LogP contribution in [0.3, 0.4) is 0 Å². The molecule has 86 valence electrons. The molecule has 1 aromatic heterocycles. The van der Waals surface area contributed by atoms with Crippen LogP contribution in [0.1, 0.15) is 20.3 Å². The van der Waals surface area contributed by atoms with Crippen molar-refractivity contribution in [2.75, 3.05) is 5.32 Å². The number of amides is 2. The molecule has 0 radical (unpaired) electrons. The van der Waals surface area contributed by atoms with Gasteiger partial charge in [0.15, 0.2) is 0 Å². The van der Waals surface area contributed by atoms with Gasteiger partial charge < -0.3 is 10.6 Å². The van der Waals surface area contributed by atoms with Gasteiger partial charge in [0.1, 0.15) is 6.42 Å². The molecule has 5 nitrogen and oxygen atoms in total. The van der Waals surface area contributed by atoms with E-state index in [4.69, 9.17) is 0 Å². The number of carbonyl (C=O) groups is 2. The summed E-state index contributed by atoms with van der Waals surface area (Å²) in [5, 5.41) is 5.25. The quantitative estimate of drug-likeness (QED) is 0.743. The molecule has 0 fully saturated rings. The minimum absolute atomic E-state index is 0.0428. The normalized spacial score (nSPS) is 9.94. The molecule has 16 heavy (non-hydrogen) atoms. The maximum absolute atomic E-state index is 11.4. The third kappa shape index (κ3) is 4.54. The molecule has 1 heterocycles. The third-order valence-electron chi connectivity index (χ3n) is 1.73. The van der Waals surface area contributed by atoms with E-state index >= 15 is 0 Å². The number of carbonyl (C=O) groups excluding carboxylic acids is 2. The van der Waals surface area contributed by atoms with E-state index in [0.29, 0.717) is 5.69 Å². The van der Waals surface area contributed by atoms with Gasteiger partial charge in [-0.2, -0.15) is 0 Å². The summed E-state index contributed by atoms with van der Waals surface area (Å²) >= 11 is 0. The first kappa shape index (κ1) is 12.2. The van der Waals surface area contributed by atoms with Gasteiger partial charge in [0.2, 0.25) is 11.8 Å². The van der Waals surface area contributed by atoms with Crippen LogP contribution in [-0.2, 0) is 9.59 Å². The fourth-order valence-electron chi connectivity index (χ4n) is 1.16. The Hall–Kier alpha value is -1.91. The van der Waals surface area contributed by atoms with E-state index in [2.05, 4.69) is 15.6 Å². The number of anilines is 1. The number of pyridine rings is 1. The highest BCUT2D eigenvalue weighted by atomic mass is 16.2. The molecule has 0 spiro atoms. The molecule has 2 amide bonds. The molecule has 0 aliphatic rings. The lowest BCUT2D eigenvalue weighted by molar-refractivity contribution is -0.127. The Morgan fingerprint density at radius 2 is 1.88 bits per heavy atom. The van der Waals surface area contributed by atoms with Gasteiger partial charge in [0.05, 0.1) is 0 Å². The van der Waals surface area contributed by atoms with E-state index < -0.39 is 0 Å². The highest BCUT2D eigenvalue weighted by Gasteiger charge is 2.09. The SMILES string of the molecule is CC(C)NC(=O)CC(=O)Nc1ccncc1. The van der Waals surface area contributed by atoms with Gasteiger partial charge in [-0.3, -0.25) is 14.6 Å². The Bertz CT molecular complexity index is 363. The number of aromatic nitrogens is 1. The molecular formula is C11H15N3O2. The summed E-state index contributed by atoms with van der Waals surface area (Å²) in [6, 6.07) is 3.37. The van der Waals surface area contributed by atoms with Crippen molar-refractivity contribution in [2.24, 2.45) is 0 Å². The lowest BCUT2D eigenvalue weighted by atomic mass is 10.3. The van der Waals surface area contributed by atoms with E-state index in [9.17, 15) is 9.59 Å². The van der Waals surface area contributed by atoms with Crippen LogP contribution in [0.25, 0.3) is 0 Å².